The minimum atomic E-state index is -0.495. The molecule has 1 heterocycles. The maximum absolute atomic E-state index is 12.2. The molecule has 0 aromatic rings. The first-order chi connectivity index (χ1) is 3.39. The van der Waals surface area contributed by atoms with Gasteiger partial charge in [-0.05, 0) is 0 Å². The van der Waals surface area contributed by atoms with Gasteiger partial charge in [0.05, 0.1) is 13.1 Å². The van der Waals surface area contributed by atoms with E-state index in [1.54, 1.807) is 0 Å². The topological polar surface area (TPSA) is 16.6 Å². The van der Waals surface area contributed by atoms with Crippen molar-refractivity contribution >= 4 is 0 Å². The molecule has 1 rings (SSSR count). The Labute approximate surface area is 42.9 Å². The number of hydrogen-bond acceptors (Lipinski definition) is 0. The van der Waals surface area contributed by atoms with E-state index in [1.165, 1.54) is 0 Å². The Bertz CT molecular complexity index is 50.0. The molecule has 0 atom stereocenters. The monoisotopic (exact) mass is 104 g/mol. The van der Waals surface area contributed by atoms with Crippen LogP contribution in [0.25, 0.3) is 0 Å². The highest BCUT2D eigenvalue weighted by Crippen LogP contribution is 2.01. The molecule has 2 heteroatoms. The van der Waals surface area contributed by atoms with E-state index in [-0.39, 0.29) is 0 Å². The first-order valence-electron chi connectivity index (χ1n) is 2.85. The Morgan fingerprint density at radius 1 is 1.29 bits per heavy atom. The molecule has 0 aliphatic carbocycles. The van der Waals surface area contributed by atoms with Crippen LogP contribution < -0.4 is 5.32 Å². The first-order valence-corrected chi connectivity index (χ1v) is 2.85. The number of nitrogens with two attached hydrogens (primary N) is 1. The van der Waals surface area contributed by atoms with Gasteiger partial charge in [-0.3, -0.25) is 0 Å². The van der Waals surface area contributed by atoms with Crippen molar-refractivity contribution in [1.29, 1.82) is 0 Å². The molecule has 0 bridgehead atoms. The second-order valence-electron chi connectivity index (χ2n) is 2.04. The minimum absolute atomic E-state index is 0.495. The summed E-state index contributed by atoms with van der Waals surface area (Å²) in [4.78, 5) is 0. The van der Waals surface area contributed by atoms with Crippen LogP contribution in [-0.4, -0.2) is 19.3 Å². The average molecular weight is 104 g/mol. The fraction of sp³-hybridized carbons (Fsp3) is 1.00. The molecule has 0 amide bonds. The number of alkyl halides is 1. The highest BCUT2D eigenvalue weighted by molar-refractivity contribution is 4.55. The lowest BCUT2D eigenvalue weighted by Gasteiger charge is -2.11. The molecule has 0 aromatic heterocycles. The SMILES string of the molecule is FC1CC[NH2+]CC1. The number of quaternary nitrogens is 1. The third-order valence-electron chi connectivity index (χ3n) is 1.37. The molecular formula is C5H11FN+. The molecule has 0 aromatic carbocycles. The number of piperidine rings is 1. The van der Waals surface area contributed by atoms with Gasteiger partial charge in [0.1, 0.15) is 6.17 Å². The second kappa shape index (κ2) is 2.26. The predicted molar refractivity (Wildman–Crippen MR) is 25.8 cm³/mol. The summed E-state index contributed by atoms with van der Waals surface area (Å²) < 4.78 is 12.2. The van der Waals surface area contributed by atoms with E-state index in [2.05, 4.69) is 5.32 Å². The van der Waals surface area contributed by atoms with Gasteiger partial charge < -0.3 is 5.32 Å². The third-order valence-corrected chi connectivity index (χ3v) is 1.37. The van der Waals surface area contributed by atoms with Crippen LogP contribution in [-0.2, 0) is 0 Å². The van der Waals surface area contributed by atoms with E-state index in [0.29, 0.717) is 0 Å². The van der Waals surface area contributed by atoms with Crippen LogP contribution >= 0.6 is 0 Å². The zero-order valence-corrected chi connectivity index (χ0v) is 4.36. The van der Waals surface area contributed by atoms with E-state index in [9.17, 15) is 4.39 Å². The van der Waals surface area contributed by atoms with Gasteiger partial charge in [0.15, 0.2) is 0 Å². The van der Waals surface area contributed by atoms with Crippen LogP contribution in [0.1, 0.15) is 12.8 Å². The molecule has 7 heavy (non-hydrogen) atoms. The van der Waals surface area contributed by atoms with Gasteiger partial charge in [-0.2, -0.15) is 0 Å². The van der Waals surface area contributed by atoms with Crippen molar-refractivity contribution in [1.82, 2.24) is 0 Å². The summed E-state index contributed by atoms with van der Waals surface area (Å²) in [5.41, 5.74) is 0. The summed E-state index contributed by atoms with van der Waals surface area (Å²) >= 11 is 0. The smallest absolute Gasteiger partial charge is 0.111 e. The largest absolute Gasteiger partial charge is 0.346 e. The standard InChI is InChI=1S/C5H10FN/c6-5-1-3-7-4-2-5/h5,7H,1-4H2/p+1. The van der Waals surface area contributed by atoms with E-state index in [1.807, 2.05) is 0 Å². The van der Waals surface area contributed by atoms with E-state index < -0.39 is 6.17 Å². The van der Waals surface area contributed by atoms with Gasteiger partial charge in [0, 0.05) is 12.8 Å². The van der Waals surface area contributed by atoms with Gasteiger partial charge >= 0.3 is 0 Å². The molecule has 2 N–H and O–H groups in total. The predicted octanol–water partition coefficient (Wildman–Crippen LogP) is -0.318. The van der Waals surface area contributed by atoms with Gasteiger partial charge in [-0.25, -0.2) is 4.39 Å². The number of hydrogen-bond donors (Lipinski definition) is 1. The van der Waals surface area contributed by atoms with Gasteiger partial charge in [0.2, 0.25) is 0 Å². The molecular weight excluding hydrogens is 93.1 g/mol. The molecule has 1 aliphatic rings. The van der Waals surface area contributed by atoms with Crippen LogP contribution in [0.15, 0.2) is 0 Å². The van der Waals surface area contributed by atoms with E-state index in [4.69, 9.17) is 0 Å². The van der Waals surface area contributed by atoms with Crippen molar-refractivity contribution in [3.05, 3.63) is 0 Å². The molecule has 42 valence electrons. The lowest BCUT2D eigenvalue weighted by atomic mass is 10.1. The van der Waals surface area contributed by atoms with Crippen LogP contribution in [0.5, 0.6) is 0 Å². The van der Waals surface area contributed by atoms with Gasteiger partial charge in [-0.1, -0.05) is 0 Å². The summed E-state index contributed by atoms with van der Waals surface area (Å²) in [6.07, 6.45) is 1.03. The summed E-state index contributed by atoms with van der Waals surface area (Å²) in [5, 5.41) is 2.16. The lowest BCUT2D eigenvalue weighted by molar-refractivity contribution is -0.664. The molecule has 1 nitrogen and oxygen atoms in total. The zero-order chi connectivity index (χ0) is 5.11. The Kier molecular flexibility index (Phi) is 1.63. The molecule has 1 aliphatic heterocycles. The van der Waals surface area contributed by atoms with Crippen molar-refractivity contribution in [2.24, 2.45) is 0 Å². The molecule has 0 spiro atoms. The van der Waals surface area contributed by atoms with Crippen LogP contribution in [0, 0.1) is 0 Å². The highest BCUT2D eigenvalue weighted by Gasteiger charge is 2.12. The molecule has 0 saturated carbocycles. The maximum Gasteiger partial charge on any atom is 0.111 e. The summed E-state index contributed by atoms with van der Waals surface area (Å²) in [6.45, 7) is 1.97. The van der Waals surface area contributed by atoms with E-state index in [0.717, 1.165) is 25.9 Å². The van der Waals surface area contributed by atoms with Gasteiger partial charge in [-0.15, -0.1) is 0 Å². The lowest BCUT2D eigenvalue weighted by Crippen LogP contribution is -2.86. The summed E-state index contributed by atoms with van der Waals surface area (Å²) in [6, 6.07) is 0. The molecule has 1 fully saturated rings. The minimum Gasteiger partial charge on any atom is -0.346 e. The van der Waals surface area contributed by atoms with Crippen molar-refractivity contribution in [3.63, 3.8) is 0 Å². The zero-order valence-electron chi connectivity index (χ0n) is 4.36. The fourth-order valence-corrected chi connectivity index (χ4v) is 0.886. The highest BCUT2D eigenvalue weighted by atomic mass is 19.1. The second-order valence-corrected chi connectivity index (χ2v) is 2.04. The van der Waals surface area contributed by atoms with Crippen molar-refractivity contribution in [2.75, 3.05) is 13.1 Å². The Morgan fingerprint density at radius 2 is 1.86 bits per heavy atom. The summed E-state index contributed by atoms with van der Waals surface area (Å²) in [7, 11) is 0. The Morgan fingerprint density at radius 3 is 2.14 bits per heavy atom. The maximum atomic E-state index is 12.2. The van der Waals surface area contributed by atoms with Crippen molar-refractivity contribution in [2.45, 2.75) is 19.0 Å². The van der Waals surface area contributed by atoms with E-state index >= 15 is 0 Å². The van der Waals surface area contributed by atoms with Crippen molar-refractivity contribution in [3.8, 4) is 0 Å². The average Bonchev–Trinajstić information content (AvgIpc) is 1.69. The molecule has 1 saturated heterocycles. The summed E-state index contributed by atoms with van der Waals surface area (Å²) in [5.74, 6) is 0. The Balaban J connectivity index is 2.12. The number of halogens is 1. The van der Waals surface area contributed by atoms with Crippen LogP contribution in [0.3, 0.4) is 0 Å². The molecule has 0 radical (unpaired) electrons. The van der Waals surface area contributed by atoms with Gasteiger partial charge in [0.25, 0.3) is 0 Å². The Hall–Kier alpha value is -0.110. The van der Waals surface area contributed by atoms with Crippen molar-refractivity contribution < 1.29 is 9.71 Å². The normalized spacial score (nSPS) is 25.3. The van der Waals surface area contributed by atoms with Crippen LogP contribution in [0.4, 0.5) is 4.39 Å². The van der Waals surface area contributed by atoms with Crippen LogP contribution in [0.2, 0.25) is 0 Å². The first kappa shape index (κ1) is 5.04. The quantitative estimate of drug-likeness (QED) is 0.434. The number of rotatable bonds is 0. The third kappa shape index (κ3) is 1.43. The molecule has 0 unspecified atom stereocenters. The fourth-order valence-electron chi connectivity index (χ4n) is 0.886.